The van der Waals surface area contributed by atoms with E-state index in [1.54, 1.807) is 18.4 Å². The van der Waals surface area contributed by atoms with Crippen LogP contribution in [0.25, 0.3) is 0 Å². The Morgan fingerprint density at radius 2 is 2.29 bits per heavy atom. The molecule has 1 N–H and O–H groups in total. The van der Waals surface area contributed by atoms with Gasteiger partial charge in [-0.25, -0.2) is 0 Å². The molecule has 0 saturated carbocycles. The third-order valence-corrected chi connectivity index (χ3v) is 2.95. The fourth-order valence-corrected chi connectivity index (χ4v) is 2.27. The van der Waals surface area contributed by atoms with Crippen LogP contribution in [0.5, 0.6) is 5.75 Å². The van der Waals surface area contributed by atoms with Crippen LogP contribution in [0.3, 0.4) is 0 Å². The zero-order chi connectivity index (χ0) is 10.6. The van der Waals surface area contributed by atoms with Crippen molar-refractivity contribution in [2.24, 2.45) is 0 Å². The fraction of sp³-hybridized carbons (Fsp3) is 0.455. The van der Waals surface area contributed by atoms with Crippen LogP contribution >= 0.6 is 11.3 Å². The summed E-state index contributed by atoms with van der Waals surface area (Å²) in [5.74, 6) is 0.965. The highest BCUT2D eigenvalue weighted by Gasteiger charge is 2.12. The molecule has 1 aromatic rings. The van der Waals surface area contributed by atoms with Gasteiger partial charge in [-0.15, -0.1) is 11.3 Å². The Hall–Kier alpha value is -0.800. The lowest BCUT2D eigenvalue weighted by atomic mass is 10.1. The van der Waals surface area contributed by atoms with Gasteiger partial charge in [0.15, 0.2) is 0 Å². The van der Waals surface area contributed by atoms with Gasteiger partial charge in [-0.05, 0) is 32.3 Å². The number of hydrogen-bond donors (Lipinski definition) is 1. The summed E-state index contributed by atoms with van der Waals surface area (Å²) in [6, 6.07) is 2.26. The quantitative estimate of drug-likeness (QED) is 0.773. The highest BCUT2D eigenvalue weighted by Crippen LogP contribution is 2.31. The third-order valence-electron chi connectivity index (χ3n) is 1.97. The molecular weight excluding hydrogens is 194 g/mol. The van der Waals surface area contributed by atoms with Gasteiger partial charge in [-0.1, -0.05) is 11.6 Å². The average molecular weight is 211 g/mol. The van der Waals surface area contributed by atoms with Crippen molar-refractivity contribution in [3.63, 3.8) is 0 Å². The molecule has 1 aromatic heterocycles. The number of ether oxygens (including phenoxy) is 1. The molecule has 2 nitrogen and oxygen atoms in total. The summed E-state index contributed by atoms with van der Waals surface area (Å²) in [6.45, 7) is 4.20. The van der Waals surface area contributed by atoms with Crippen LogP contribution in [-0.4, -0.2) is 14.2 Å². The van der Waals surface area contributed by atoms with Crippen LogP contribution in [-0.2, 0) is 0 Å². The number of nitrogens with one attached hydrogen (secondary N) is 1. The summed E-state index contributed by atoms with van der Waals surface area (Å²) >= 11 is 1.72. The summed E-state index contributed by atoms with van der Waals surface area (Å²) < 4.78 is 5.29. The van der Waals surface area contributed by atoms with Gasteiger partial charge >= 0.3 is 0 Å². The van der Waals surface area contributed by atoms with Crippen molar-refractivity contribution >= 4 is 11.3 Å². The topological polar surface area (TPSA) is 21.3 Å². The smallest absolute Gasteiger partial charge is 0.134 e. The summed E-state index contributed by atoms with van der Waals surface area (Å²) in [7, 11) is 3.67. The van der Waals surface area contributed by atoms with Gasteiger partial charge in [0.2, 0.25) is 0 Å². The van der Waals surface area contributed by atoms with Gasteiger partial charge in [0, 0.05) is 0 Å². The van der Waals surface area contributed by atoms with E-state index in [0.29, 0.717) is 0 Å². The monoisotopic (exact) mass is 211 g/mol. The van der Waals surface area contributed by atoms with Crippen LogP contribution < -0.4 is 10.1 Å². The largest absolute Gasteiger partial charge is 0.496 e. The lowest BCUT2D eigenvalue weighted by Gasteiger charge is -2.12. The first kappa shape index (κ1) is 11.3. The molecule has 0 bridgehead atoms. The zero-order valence-electron chi connectivity index (χ0n) is 9.13. The molecule has 1 rings (SSSR count). The van der Waals surface area contributed by atoms with Crippen molar-refractivity contribution in [3.8, 4) is 5.75 Å². The minimum atomic E-state index is 0.259. The Morgan fingerprint density at radius 3 is 2.79 bits per heavy atom. The highest BCUT2D eigenvalue weighted by atomic mass is 32.1. The van der Waals surface area contributed by atoms with Crippen LogP contribution in [0.2, 0.25) is 0 Å². The summed E-state index contributed by atoms with van der Waals surface area (Å²) in [4.78, 5) is 1.23. The first-order valence-corrected chi connectivity index (χ1v) is 5.50. The average Bonchev–Trinajstić information content (AvgIpc) is 2.61. The Labute approximate surface area is 89.6 Å². The number of rotatable bonds is 4. The second-order valence-electron chi connectivity index (χ2n) is 3.36. The Kier molecular flexibility index (Phi) is 4.17. The molecule has 0 aromatic carbocycles. The van der Waals surface area contributed by atoms with E-state index in [4.69, 9.17) is 4.74 Å². The second-order valence-corrected chi connectivity index (χ2v) is 4.31. The van der Waals surface area contributed by atoms with E-state index in [0.717, 1.165) is 5.75 Å². The van der Waals surface area contributed by atoms with Crippen LogP contribution in [0.4, 0.5) is 0 Å². The number of hydrogen-bond acceptors (Lipinski definition) is 3. The molecule has 0 amide bonds. The van der Waals surface area contributed by atoms with Crippen molar-refractivity contribution in [1.29, 1.82) is 0 Å². The zero-order valence-corrected chi connectivity index (χ0v) is 9.94. The maximum Gasteiger partial charge on any atom is 0.134 e. The molecule has 0 spiro atoms. The number of allylic oxidation sites excluding steroid dienone is 1. The normalized spacial score (nSPS) is 12.3. The molecule has 1 atom stereocenters. The van der Waals surface area contributed by atoms with Crippen LogP contribution in [0, 0.1) is 0 Å². The van der Waals surface area contributed by atoms with Gasteiger partial charge in [0.25, 0.3) is 0 Å². The summed E-state index contributed by atoms with van der Waals surface area (Å²) in [6.07, 6.45) is 2.20. The maximum absolute atomic E-state index is 5.29. The Balaban J connectivity index is 2.94. The number of methoxy groups -OCH3 is 1. The molecular formula is C11H17NOS. The molecule has 0 fully saturated rings. The van der Waals surface area contributed by atoms with Crippen LogP contribution in [0.15, 0.2) is 23.1 Å². The van der Waals surface area contributed by atoms with Gasteiger partial charge in [-0.2, -0.15) is 0 Å². The van der Waals surface area contributed by atoms with Gasteiger partial charge in [0.1, 0.15) is 5.75 Å². The molecule has 1 heterocycles. The molecule has 3 heteroatoms. The Morgan fingerprint density at radius 1 is 1.57 bits per heavy atom. The maximum atomic E-state index is 5.29. The first-order chi connectivity index (χ1) is 6.69. The molecule has 0 saturated heterocycles. The summed E-state index contributed by atoms with van der Waals surface area (Å²) in [5.41, 5.74) is 1.31. The molecule has 1 unspecified atom stereocenters. The second kappa shape index (κ2) is 5.17. The van der Waals surface area contributed by atoms with E-state index in [9.17, 15) is 0 Å². The van der Waals surface area contributed by atoms with Crippen molar-refractivity contribution in [2.45, 2.75) is 19.9 Å². The molecule has 0 aliphatic rings. The van der Waals surface area contributed by atoms with E-state index < -0.39 is 0 Å². The predicted octanol–water partition coefficient (Wildman–Crippen LogP) is 2.98. The van der Waals surface area contributed by atoms with Crippen molar-refractivity contribution in [2.75, 3.05) is 14.2 Å². The molecule has 14 heavy (non-hydrogen) atoms. The van der Waals surface area contributed by atoms with Crippen molar-refractivity contribution < 1.29 is 4.74 Å². The van der Waals surface area contributed by atoms with Gasteiger partial charge in [0.05, 0.1) is 18.0 Å². The molecule has 0 radical (unpaired) electrons. The van der Waals surface area contributed by atoms with Crippen molar-refractivity contribution in [3.05, 3.63) is 28.0 Å². The van der Waals surface area contributed by atoms with E-state index in [-0.39, 0.29) is 6.04 Å². The van der Waals surface area contributed by atoms with E-state index in [1.807, 2.05) is 13.1 Å². The highest BCUT2D eigenvalue weighted by molar-refractivity contribution is 7.10. The standard InChI is InChI=1S/C11H17NOS/c1-8(2)7-9(12-3)11-10(13-4)5-6-14-11/h5-7,9,12H,1-4H3. The summed E-state index contributed by atoms with van der Waals surface area (Å²) in [5, 5.41) is 5.32. The van der Waals surface area contributed by atoms with Gasteiger partial charge < -0.3 is 10.1 Å². The molecule has 78 valence electrons. The lowest BCUT2D eigenvalue weighted by Crippen LogP contribution is -2.13. The number of thiophene rings is 1. The molecule has 0 aliphatic carbocycles. The van der Waals surface area contributed by atoms with E-state index in [2.05, 4.69) is 30.6 Å². The SMILES string of the molecule is CNC(C=C(C)C)c1sccc1OC. The van der Waals surface area contributed by atoms with Crippen molar-refractivity contribution in [1.82, 2.24) is 5.32 Å². The minimum Gasteiger partial charge on any atom is -0.496 e. The van der Waals surface area contributed by atoms with Gasteiger partial charge in [-0.3, -0.25) is 0 Å². The Bertz CT molecular complexity index is 313. The molecule has 0 aliphatic heterocycles. The minimum absolute atomic E-state index is 0.259. The fourth-order valence-electron chi connectivity index (χ4n) is 1.33. The third kappa shape index (κ3) is 2.59. The van der Waals surface area contributed by atoms with Crippen LogP contribution in [0.1, 0.15) is 24.8 Å². The first-order valence-electron chi connectivity index (χ1n) is 4.62. The lowest BCUT2D eigenvalue weighted by molar-refractivity contribution is 0.409. The predicted molar refractivity (Wildman–Crippen MR) is 62.1 cm³/mol. The van der Waals surface area contributed by atoms with E-state index in [1.165, 1.54) is 10.5 Å². The van der Waals surface area contributed by atoms with E-state index >= 15 is 0 Å². The number of likely N-dealkylation sites (N-methyl/N-ethyl adjacent to an activating group) is 1.